The van der Waals surface area contributed by atoms with Gasteiger partial charge in [-0.05, 0) is 23.8 Å². The Balaban J connectivity index is 1.78. The zero-order valence-corrected chi connectivity index (χ0v) is 15.0. The maximum absolute atomic E-state index is 14.4. The number of hydrogen-bond acceptors (Lipinski definition) is 5. The fourth-order valence-corrected chi connectivity index (χ4v) is 2.63. The van der Waals surface area contributed by atoms with Crippen LogP contribution in [0.3, 0.4) is 0 Å². The first-order chi connectivity index (χ1) is 13.0. The molecule has 6 nitrogen and oxygen atoms in total. The Morgan fingerprint density at radius 2 is 1.93 bits per heavy atom. The van der Waals surface area contributed by atoms with Gasteiger partial charge in [-0.1, -0.05) is 19.1 Å². The molecule has 0 aliphatic rings. The molecule has 138 valence electrons. The van der Waals surface area contributed by atoms with Crippen molar-refractivity contribution < 1.29 is 18.4 Å². The zero-order chi connectivity index (χ0) is 19.4. The highest BCUT2D eigenvalue weighted by atomic mass is 19.1. The lowest BCUT2D eigenvalue weighted by Gasteiger charge is -2.17. The van der Waals surface area contributed by atoms with Crippen molar-refractivity contribution >= 4 is 17.4 Å². The lowest BCUT2D eigenvalue weighted by atomic mass is 10.1. The van der Waals surface area contributed by atoms with Crippen LogP contribution in [0.25, 0.3) is 11.1 Å². The Morgan fingerprint density at radius 1 is 1.15 bits per heavy atom. The number of aromatic nitrogens is 2. The number of anilines is 1. The van der Waals surface area contributed by atoms with Gasteiger partial charge in [-0.15, -0.1) is 0 Å². The van der Waals surface area contributed by atoms with Crippen LogP contribution in [-0.4, -0.2) is 28.7 Å². The van der Waals surface area contributed by atoms with Gasteiger partial charge < -0.3 is 9.32 Å². The Hall–Kier alpha value is -3.35. The summed E-state index contributed by atoms with van der Waals surface area (Å²) in [6, 6.07) is 7.90. The van der Waals surface area contributed by atoms with Crippen molar-refractivity contribution in [1.82, 2.24) is 9.97 Å². The molecule has 0 saturated heterocycles. The van der Waals surface area contributed by atoms with E-state index in [2.05, 4.69) is 9.97 Å². The van der Waals surface area contributed by atoms with Gasteiger partial charge in [0.2, 0.25) is 11.8 Å². The van der Waals surface area contributed by atoms with E-state index >= 15 is 0 Å². The Bertz CT molecular complexity index is 953. The van der Waals surface area contributed by atoms with Crippen LogP contribution >= 0.6 is 0 Å². The van der Waals surface area contributed by atoms with Crippen LogP contribution in [0, 0.1) is 5.82 Å². The molecule has 1 amide bonds. The average molecular weight is 367 g/mol. The molecule has 0 aliphatic carbocycles. The summed E-state index contributed by atoms with van der Waals surface area (Å²) in [4.78, 5) is 33.3. The molecule has 0 N–H and O–H groups in total. The van der Waals surface area contributed by atoms with Crippen molar-refractivity contribution in [1.29, 1.82) is 0 Å². The molecule has 2 heterocycles. The van der Waals surface area contributed by atoms with Crippen LogP contribution in [0.2, 0.25) is 0 Å². The van der Waals surface area contributed by atoms with E-state index in [0.717, 1.165) is 0 Å². The minimum absolute atomic E-state index is 0.0282. The summed E-state index contributed by atoms with van der Waals surface area (Å²) in [5.74, 6) is -0.558. The number of ketones is 1. The van der Waals surface area contributed by atoms with Crippen molar-refractivity contribution in [3.63, 3.8) is 0 Å². The second kappa shape index (κ2) is 7.90. The first kappa shape index (κ1) is 18.4. The van der Waals surface area contributed by atoms with Gasteiger partial charge in [0.15, 0.2) is 5.78 Å². The highest BCUT2D eigenvalue weighted by Crippen LogP contribution is 2.26. The van der Waals surface area contributed by atoms with Crippen LogP contribution in [0.1, 0.15) is 29.7 Å². The number of amides is 1. The first-order valence-electron chi connectivity index (χ1n) is 8.43. The highest BCUT2D eigenvalue weighted by molar-refractivity contribution is 5.95. The minimum atomic E-state index is -0.499. The molecule has 0 atom stereocenters. The molecule has 0 aliphatic heterocycles. The maximum Gasteiger partial charge on any atom is 0.226 e. The molecular weight excluding hydrogens is 349 g/mol. The topological polar surface area (TPSA) is 76.3 Å². The molecule has 1 aromatic carbocycles. The molecule has 0 unspecified atom stereocenters. The molecule has 3 rings (SSSR count). The van der Waals surface area contributed by atoms with E-state index in [4.69, 9.17) is 4.42 Å². The summed E-state index contributed by atoms with van der Waals surface area (Å²) < 4.78 is 19.5. The maximum atomic E-state index is 14.4. The number of nitrogens with zero attached hydrogens (tertiary/aromatic N) is 3. The third kappa shape index (κ3) is 4.08. The molecule has 27 heavy (non-hydrogen) atoms. The molecule has 7 heteroatoms. The standard InChI is InChI=1S/C20H18FN3O3/c1-3-20(26)24(2)17-7-5-13(10-15(17)21)14-4-6-16(23-12-14)18(25)11-19-22-8-9-27-19/h4-10,12H,3,11H2,1-2H3. The van der Waals surface area contributed by atoms with Crippen LogP contribution < -0.4 is 4.90 Å². The van der Waals surface area contributed by atoms with Gasteiger partial charge in [0.05, 0.1) is 18.3 Å². The van der Waals surface area contributed by atoms with Gasteiger partial charge in [-0.3, -0.25) is 14.6 Å². The molecule has 0 fully saturated rings. The number of rotatable bonds is 6. The van der Waals surface area contributed by atoms with E-state index in [0.29, 0.717) is 23.4 Å². The molecule has 2 aromatic heterocycles. The van der Waals surface area contributed by atoms with Crippen molar-refractivity contribution in [2.45, 2.75) is 19.8 Å². The predicted octanol–water partition coefficient (Wildman–Crippen LogP) is 3.67. The monoisotopic (exact) mass is 367 g/mol. The van der Waals surface area contributed by atoms with E-state index < -0.39 is 5.82 Å². The van der Waals surface area contributed by atoms with Crippen molar-refractivity contribution in [3.05, 3.63) is 66.4 Å². The quantitative estimate of drug-likeness (QED) is 0.621. The SMILES string of the molecule is CCC(=O)N(C)c1ccc(-c2ccc(C(=O)Cc3ncco3)nc2)cc1F. The van der Waals surface area contributed by atoms with Gasteiger partial charge in [0.1, 0.15) is 17.8 Å². The number of carbonyl (C=O) groups is 2. The van der Waals surface area contributed by atoms with Crippen LogP contribution in [0.4, 0.5) is 10.1 Å². The summed E-state index contributed by atoms with van der Waals surface area (Å²) >= 11 is 0. The minimum Gasteiger partial charge on any atom is -0.449 e. The number of Topliss-reactive ketones (excluding diaryl/α,β-unsaturated/α-hetero) is 1. The predicted molar refractivity (Wildman–Crippen MR) is 97.9 cm³/mol. The Labute approximate surface area is 155 Å². The van der Waals surface area contributed by atoms with Crippen molar-refractivity contribution in [2.75, 3.05) is 11.9 Å². The van der Waals surface area contributed by atoms with Gasteiger partial charge >= 0.3 is 0 Å². The van der Waals surface area contributed by atoms with Gasteiger partial charge in [-0.2, -0.15) is 0 Å². The smallest absolute Gasteiger partial charge is 0.226 e. The number of halogens is 1. The molecule has 0 radical (unpaired) electrons. The molecule has 0 bridgehead atoms. The third-order valence-corrected chi connectivity index (χ3v) is 4.16. The van der Waals surface area contributed by atoms with Crippen molar-refractivity contribution in [2.24, 2.45) is 0 Å². The number of hydrogen-bond donors (Lipinski definition) is 0. The fraction of sp³-hybridized carbons (Fsp3) is 0.200. The van der Waals surface area contributed by atoms with Crippen LogP contribution in [0.15, 0.2) is 53.4 Å². The number of benzene rings is 1. The molecule has 0 saturated carbocycles. The second-order valence-electron chi connectivity index (χ2n) is 5.93. The third-order valence-electron chi connectivity index (χ3n) is 4.16. The van der Waals surface area contributed by atoms with Crippen LogP contribution in [-0.2, 0) is 11.2 Å². The Kier molecular flexibility index (Phi) is 5.40. The van der Waals surface area contributed by atoms with Crippen LogP contribution in [0.5, 0.6) is 0 Å². The van der Waals surface area contributed by atoms with Crippen molar-refractivity contribution in [3.8, 4) is 11.1 Å². The van der Waals surface area contributed by atoms with E-state index in [-0.39, 0.29) is 29.5 Å². The summed E-state index contributed by atoms with van der Waals surface area (Å²) in [6.45, 7) is 1.72. The average Bonchev–Trinajstić information content (AvgIpc) is 3.19. The molecule has 0 spiro atoms. The first-order valence-corrected chi connectivity index (χ1v) is 8.43. The summed E-state index contributed by atoms with van der Waals surface area (Å²) in [6.07, 6.45) is 4.72. The molecule has 3 aromatic rings. The number of pyridine rings is 1. The zero-order valence-electron chi connectivity index (χ0n) is 15.0. The van der Waals surface area contributed by atoms with Gasteiger partial charge in [-0.25, -0.2) is 9.37 Å². The van der Waals surface area contributed by atoms with E-state index in [1.807, 2.05) is 0 Å². The van der Waals surface area contributed by atoms with E-state index in [9.17, 15) is 14.0 Å². The lowest BCUT2D eigenvalue weighted by Crippen LogP contribution is -2.25. The lowest BCUT2D eigenvalue weighted by molar-refractivity contribution is -0.118. The molecular formula is C20H18FN3O3. The summed E-state index contributed by atoms with van der Waals surface area (Å²) in [7, 11) is 1.54. The van der Waals surface area contributed by atoms with Gasteiger partial charge in [0.25, 0.3) is 0 Å². The summed E-state index contributed by atoms with van der Waals surface area (Å²) in [5, 5.41) is 0. The normalized spacial score (nSPS) is 10.6. The highest BCUT2D eigenvalue weighted by Gasteiger charge is 2.15. The van der Waals surface area contributed by atoms with Gasteiger partial charge in [0, 0.05) is 25.2 Å². The summed E-state index contributed by atoms with van der Waals surface area (Å²) in [5.41, 5.74) is 1.77. The largest absolute Gasteiger partial charge is 0.449 e. The number of oxazole rings is 1. The second-order valence-corrected chi connectivity index (χ2v) is 5.93. The van der Waals surface area contributed by atoms with E-state index in [1.54, 1.807) is 38.2 Å². The Morgan fingerprint density at radius 3 is 2.52 bits per heavy atom. The fourth-order valence-electron chi connectivity index (χ4n) is 2.63. The number of carbonyl (C=O) groups excluding carboxylic acids is 2. The van der Waals surface area contributed by atoms with E-state index in [1.165, 1.54) is 29.6 Å².